The fraction of sp³-hybridized carbons (Fsp3) is 0.455. The Morgan fingerprint density at radius 1 is 1.10 bits per heavy atom. The molecule has 2 aliphatic rings. The number of aromatic nitrogens is 3. The van der Waals surface area contributed by atoms with Gasteiger partial charge in [0, 0.05) is 26.2 Å². The van der Waals surface area contributed by atoms with E-state index in [2.05, 4.69) is 10.2 Å². The van der Waals surface area contributed by atoms with Crippen molar-refractivity contribution in [2.45, 2.75) is 37.8 Å². The normalized spacial score (nSPS) is 21.2. The monoisotopic (exact) mass is 418 g/mol. The van der Waals surface area contributed by atoms with Crippen molar-refractivity contribution >= 4 is 11.3 Å². The van der Waals surface area contributed by atoms with Crippen molar-refractivity contribution in [1.82, 2.24) is 14.6 Å². The van der Waals surface area contributed by atoms with E-state index in [0.29, 0.717) is 24.7 Å². The fourth-order valence-electron chi connectivity index (χ4n) is 4.32. The van der Waals surface area contributed by atoms with E-state index in [1.165, 1.54) is 22.6 Å². The maximum absolute atomic E-state index is 14.0. The number of nitrogens with zero attached hydrogens (tertiary/aromatic N) is 4. The molecule has 0 aliphatic heterocycles. The van der Waals surface area contributed by atoms with E-state index in [0.717, 1.165) is 24.8 Å². The minimum atomic E-state index is -4.53. The van der Waals surface area contributed by atoms with E-state index >= 15 is 0 Å². The molecule has 0 spiro atoms. The van der Waals surface area contributed by atoms with Gasteiger partial charge in [-0.05, 0) is 60.8 Å². The Kier molecular flexibility index (Phi) is 4.48. The maximum Gasteiger partial charge on any atom is 0.422 e. The van der Waals surface area contributed by atoms with Crippen molar-refractivity contribution < 1.29 is 17.6 Å². The molecule has 5 rings (SSSR count). The van der Waals surface area contributed by atoms with Gasteiger partial charge in [-0.25, -0.2) is 4.39 Å². The third-order valence-electron chi connectivity index (χ3n) is 6.22. The highest BCUT2D eigenvalue weighted by Crippen LogP contribution is 2.49. The molecule has 2 saturated carbocycles. The van der Waals surface area contributed by atoms with Crippen LogP contribution in [0.4, 0.5) is 23.2 Å². The molecular formula is C22H22F4N4. The molecule has 8 heteroatoms. The van der Waals surface area contributed by atoms with Gasteiger partial charge in [-0.3, -0.25) is 4.40 Å². The molecular weight excluding hydrogens is 396 g/mol. The quantitative estimate of drug-likeness (QED) is 0.524. The summed E-state index contributed by atoms with van der Waals surface area (Å²) in [5.41, 5.74) is 0.281. The smallest absolute Gasteiger partial charge is 0.374 e. The molecule has 2 aromatic heterocycles. The van der Waals surface area contributed by atoms with Gasteiger partial charge in [0.25, 0.3) is 0 Å². The summed E-state index contributed by atoms with van der Waals surface area (Å²) >= 11 is 0. The third kappa shape index (κ3) is 3.63. The average molecular weight is 418 g/mol. The van der Waals surface area contributed by atoms with E-state index in [-0.39, 0.29) is 29.0 Å². The van der Waals surface area contributed by atoms with Crippen LogP contribution >= 0.6 is 0 Å². The number of halogens is 4. The second-order valence-electron chi connectivity index (χ2n) is 8.57. The Hall–Kier alpha value is -2.64. The van der Waals surface area contributed by atoms with Gasteiger partial charge in [0.1, 0.15) is 17.2 Å². The molecule has 158 valence electrons. The number of anilines is 1. The van der Waals surface area contributed by atoms with Gasteiger partial charge in [-0.15, -0.1) is 10.2 Å². The van der Waals surface area contributed by atoms with Crippen LogP contribution in [0.25, 0.3) is 5.65 Å². The van der Waals surface area contributed by atoms with Crippen molar-refractivity contribution in [1.29, 1.82) is 0 Å². The molecule has 1 aromatic carbocycles. The zero-order valence-corrected chi connectivity index (χ0v) is 16.5. The van der Waals surface area contributed by atoms with Gasteiger partial charge >= 0.3 is 6.18 Å². The second kappa shape index (κ2) is 6.96. The number of hydrogen-bond acceptors (Lipinski definition) is 3. The summed E-state index contributed by atoms with van der Waals surface area (Å²) < 4.78 is 56.6. The fourth-order valence-corrected chi connectivity index (χ4v) is 4.32. The van der Waals surface area contributed by atoms with Crippen molar-refractivity contribution in [3.63, 3.8) is 0 Å². The van der Waals surface area contributed by atoms with Crippen LogP contribution in [0.3, 0.4) is 0 Å². The third-order valence-corrected chi connectivity index (χ3v) is 6.22. The summed E-state index contributed by atoms with van der Waals surface area (Å²) in [5.74, 6) is 1.30. The lowest BCUT2D eigenvalue weighted by atomic mass is 10.1. The number of alkyl halides is 3. The van der Waals surface area contributed by atoms with Gasteiger partial charge in [0.2, 0.25) is 0 Å². The van der Waals surface area contributed by atoms with Gasteiger partial charge in [0.15, 0.2) is 5.65 Å². The molecule has 0 amide bonds. The van der Waals surface area contributed by atoms with Gasteiger partial charge in [-0.1, -0.05) is 12.1 Å². The summed E-state index contributed by atoms with van der Waals surface area (Å²) in [4.78, 5) is 1.66. The predicted octanol–water partition coefficient (Wildman–Crippen LogP) is 5.08. The Morgan fingerprint density at radius 2 is 1.83 bits per heavy atom. The maximum atomic E-state index is 14.0. The lowest BCUT2D eigenvalue weighted by Crippen LogP contribution is -2.25. The van der Waals surface area contributed by atoms with Crippen molar-refractivity contribution in [2.24, 2.45) is 11.8 Å². The van der Waals surface area contributed by atoms with Crippen LogP contribution < -0.4 is 4.90 Å². The number of pyridine rings is 1. The van der Waals surface area contributed by atoms with E-state index in [4.69, 9.17) is 0 Å². The van der Waals surface area contributed by atoms with E-state index in [1.54, 1.807) is 30.3 Å². The highest BCUT2D eigenvalue weighted by Gasteiger charge is 2.42. The van der Waals surface area contributed by atoms with Crippen LogP contribution in [0, 0.1) is 17.7 Å². The molecule has 0 unspecified atom stereocenters. The first-order valence-corrected chi connectivity index (χ1v) is 10.2. The second-order valence-corrected chi connectivity index (χ2v) is 8.57. The van der Waals surface area contributed by atoms with Gasteiger partial charge < -0.3 is 4.90 Å². The summed E-state index contributed by atoms with van der Waals surface area (Å²) in [7, 11) is 1.68. The van der Waals surface area contributed by atoms with E-state index in [9.17, 15) is 17.6 Å². The van der Waals surface area contributed by atoms with Gasteiger partial charge in [0.05, 0.1) is 5.69 Å². The molecule has 0 N–H and O–H groups in total. The molecule has 4 nitrogen and oxygen atoms in total. The largest absolute Gasteiger partial charge is 0.422 e. The highest BCUT2D eigenvalue weighted by atomic mass is 19.4. The summed E-state index contributed by atoms with van der Waals surface area (Å²) in [6.45, 7) is 0.490. The number of rotatable bonds is 6. The van der Waals surface area contributed by atoms with Crippen molar-refractivity contribution in [2.75, 3.05) is 18.5 Å². The van der Waals surface area contributed by atoms with Crippen LogP contribution in [0.1, 0.15) is 42.1 Å². The minimum Gasteiger partial charge on any atom is -0.374 e. The lowest BCUT2D eigenvalue weighted by molar-refractivity contribution is -0.136. The summed E-state index contributed by atoms with van der Waals surface area (Å²) in [6.07, 6.45) is 0.858. The molecule has 2 fully saturated rings. The number of hydrogen-bond donors (Lipinski definition) is 0. The molecule has 0 radical (unpaired) electrons. The first-order chi connectivity index (χ1) is 14.3. The Morgan fingerprint density at radius 3 is 2.50 bits per heavy atom. The molecule has 2 heterocycles. The van der Waals surface area contributed by atoms with Crippen molar-refractivity contribution in [3.8, 4) is 0 Å². The first-order valence-electron chi connectivity index (χ1n) is 10.2. The molecule has 0 saturated heterocycles. The SMILES string of the molecule is CN(C[C@H]1C[C@@H]1c1ccc(F)cc1)c1ccn2c(CC3CC3)nnc2c1C(F)(F)F. The zero-order chi connectivity index (χ0) is 21.0. The van der Waals surface area contributed by atoms with Crippen LogP contribution in [0.2, 0.25) is 0 Å². The first kappa shape index (κ1) is 19.3. The average Bonchev–Trinajstić information content (AvgIpc) is 3.61. The van der Waals surface area contributed by atoms with Crippen LogP contribution in [-0.2, 0) is 12.6 Å². The molecule has 2 atom stereocenters. The predicted molar refractivity (Wildman–Crippen MR) is 105 cm³/mol. The van der Waals surface area contributed by atoms with E-state index in [1.807, 2.05) is 0 Å². The molecule has 2 aliphatic carbocycles. The molecule has 3 aromatic rings. The number of benzene rings is 1. The van der Waals surface area contributed by atoms with Gasteiger partial charge in [-0.2, -0.15) is 13.2 Å². The van der Waals surface area contributed by atoms with Crippen LogP contribution in [0.5, 0.6) is 0 Å². The van der Waals surface area contributed by atoms with Crippen molar-refractivity contribution in [3.05, 3.63) is 59.3 Å². The van der Waals surface area contributed by atoms with E-state index < -0.39 is 11.7 Å². The van der Waals surface area contributed by atoms with Crippen LogP contribution in [-0.4, -0.2) is 28.2 Å². The Bertz CT molecular complexity index is 1070. The zero-order valence-electron chi connectivity index (χ0n) is 16.5. The highest BCUT2D eigenvalue weighted by molar-refractivity contribution is 5.66. The molecule has 30 heavy (non-hydrogen) atoms. The lowest BCUT2D eigenvalue weighted by Gasteiger charge is -2.24. The van der Waals surface area contributed by atoms with Crippen LogP contribution in [0.15, 0.2) is 36.5 Å². The summed E-state index contributed by atoms with van der Waals surface area (Å²) in [5, 5.41) is 7.95. The minimum absolute atomic E-state index is 0.116. The topological polar surface area (TPSA) is 33.4 Å². The molecule has 0 bridgehead atoms. The Labute approximate surface area is 171 Å². The summed E-state index contributed by atoms with van der Waals surface area (Å²) in [6, 6.07) is 7.88. The Balaban J connectivity index is 1.41. The number of fused-ring (bicyclic) bond motifs is 1. The standard InChI is InChI=1S/C22H22F4N4/c1-29(12-15-11-17(15)14-4-6-16(23)7-5-14)18-8-9-30-19(10-13-2-3-13)27-28-21(30)20(18)22(24,25)26/h4-9,13,15,17H,2-3,10-12H2,1H3/t15-,17-/m1/s1.